The second-order valence-electron chi connectivity index (χ2n) is 7.65. The third-order valence-electron chi connectivity index (χ3n) is 4.62. The molecule has 0 aromatic heterocycles. The fourth-order valence-corrected chi connectivity index (χ4v) is 2.99. The van der Waals surface area contributed by atoms with Gasteiger partial charge in [-0.25, -0.2) is 4.79 Å². The zero-order valence-electron chi connectivity index (χ0n) is 15.1. The molecule has 0 aliphatic carbocycles. The van der Waals surface area contributed by atoms with Gasteiger partial charge in [0.25, 0.3) is 0 Å². The smallest absolute Gasteiger partial charge is 0.315 e. The second-order valence-corrected chi connectivity index (χ2v) is 7.65. The Hall–Kier alpha value is -1.59. The van der Waals surface area contributed by atoms with E-state index in [2.05, 4.69) is 60.6 Å². The summed E-state index contributed by atoms with van der Waals surface area (Å²) in [7, 11) is 0. The minimum atomic E-state index is -0.152. The van der Waals surface area contributed by atoms with E-state index < -0.39 is 0 Å². The number of hydrogen-bond acceptors (Lipinski definition) is 3. The van der Waals surface area contributed by atoms with Gasteiger partial charge in [-0.1, -0.05) is 45.0 Å². The Morgan fingerprint density at radius 1 is 1.29 bits per heavy atom. The number of hydrogen-bond donors (Lipinski definition) is 3. The second kappa shape index (κ2) is 8.49. The van der Waals surface area contributed by atoms with Crippen LogP contribution in [0.25, 0.3) is 0 Å². The molecule has 1 aromatic carbocycles. The van der Waals surface area contributed by atoms with Crippen molar-refractivity contribution in [3.05, 3.63) is 35.4 Å². The van der Waals surface area contributed by atoms with Crippen LogP contribution in [0.4, 0.5) is 4.79 Å². The summed E-state index contributed by atoms with van der Waals surface area (Å²) in [6.07, 6.45) is 1.65. The molecule has 3 N–H and O–H groups in total. The van der Waals surface area contributed by atoms with Gasteiger partial charge in [0, 0.05) is 38.8 Å². The number of carbonyl (C=O) groups is 1. The number of rotatable bonds is 6. The SMILES string of the molecule is CC(C)(C)C(CN1CCc2ccccc2C1)NC(=O)NCCCO. The number of nitrogens with one attached hydrogen (secondary N) is 2. The van der Waals surface area contributed by atoms with Gasteiger partial charge in [0.05, 0.1) is 0 Å². The molecule has 0 radical (unpaired) electrons. The molecule has 2 amide bonds. The van der Waals surface area contributed by atoms with Crippen molar-refractivity contribution in [2.24, 2.45) is 5.41 Å². The lowest BCUT2D eigenvalue weighted by atomic mass is 9.86. The van der Waals surface area contributed by atoms with E-state index in [1.165, 1.54) is 11.1 Å². The van der Waals surface area contributed by atoms with Crippen molar-refractivity contribution in [3.8, 4) is 0 Å². The van der Waals surface area contributed by atoms with Gasteiger partial charge >= 0.3 is 6.03 Å². The van der Waals surface area contributed by atoms with Crippen LogP contribution in [0.1, 0.15) is 38.3 Å². The molecule has 0 fully saturated rings. The molecule has 1 aromatic rings. The maximum atomic E-state index is 12.1. The molecule has 5 heteroatoms. The van der Waals surface area contributed by atoms with Crippen molar-refractivity contribution in [3.63, 3.8) is 0 Å². The molecular weight excluding hydrogens is 302 g/mol. The molecule has 2 rings (SSSR count). The normalized spacial score (nSPS) is 16.3. The van der Waals surface area contributed by atoms with Gasteiger partial charge in [-0.05, 0) is 29.4 Å². The quantitative estimate of drug-likeness (QED) is 0.699. The summed E-state index contributed by atoms with van der Waals surface area (Å²) in [6, 6.07) is 8.52. The van der Waals surface area contributed by atoms with Crippen LogP contribution in [0.2, 0.25) is 0 Å². The fourth-order valence-electron chi connectivity index (χ4n) is 2.99. The first-order valence-corrected chi connectivity index (χ1v) is 8.84. The number of fused-ring (bicyclic) bond motifs is 1. The summed E-state index contributed by atoms with van der Waals surface area (Å²) >= 11 is 0. The first-order chi connectivity index (χ1) is 11.4. The minimum absolute atomic E-state index is 0.0225. The highest BCUT2D eigenvalue weighted by Crippen LogP contribution is 2.24. The molecule has 0 saturated carbocycles. The van der Waals surface area contributed by atoms with E-state index in [4.69, 9.17) is 5.11 Å². The average Bonchev–Trinajstić information content (AvgIpc) is 2.53. The van der Waals surface area contributed by atoms with Crippen LogP contribution in [0.15, 0.2) is 24.3 Å². The molecular formula is C19H31N3O2. The first-order valence-electron chi connectivity index (χ1n) is 8.84. The predicted molar refractivity (Wildman–Crippen MR) is 96.9 cm³/mol. The van der Waals surface area contributed by atoms with Crippen LogP contribution in [0, 0.1) is 5.41 Å². The summed E-state index contributed by atoms with van der Waals surface area (Å²) < 4.78 is 0. The van der Waals surface area contributed by atoms with Crippen molar-refractivity contribution < 1.29 is 9.90 Å². The van der Waals surface area contributed by atoms with Crippen LogP contribution in [-0.2, 0) is 13.0 Å². The predicted octanol–water partition coefficient (Wildman–Crippen LogP) is 2.14. The highest BCUT2D eigenvalue weighted by atomic mass is 16.3. The number of aliphatic hydroxyl groups is 1. The molecule has 134 valence electrons. The zero-order chi connectivity index (χ0) is 17.6. The molecule has 1 unspecified atom stereocenters. The molecule has 5 nitrogen and oxygen atoms in total. The van der Waals surface area contributed by atoms with E-state index >= 15 is 0 Å². The number of carbonyl (C=O) groups excluding carboxylic acids is 1. The van der Waals surface area contributed by atoms with Crippen LogP contribution < -0.4 is 10.6 Å². The van der Waals surface area contributed by atoms with Gasteiger partial charge in [-0.3, -0.25) is 4.90 Å². The Bertz CT molecular complexity index is 540. The molecule has 0 spiro atoms. The maximum Gasteiger partial charge on any atom is 0.315 e. The first kappa shape index (κ1) is 18.7. The van der Waals surface area contributed by atoms with Crippen molar-refractivity contribution in [1.29, 1.82) is 0 Å². The van der Waals surface area contributed by atoms with Crippen LogP contribution in [0.3, 0.4) is 0 Å². The van der Waals surface area contributed by atoms with Crippen LogP contribution in [0.5, 0.6) is 0 Å². The number of urea groups is 1. The van der Waals surface area contributed by atoms with Crippen molar-refractivity contribution in [1.82, 2.24) is 15.5 Å². The molecule has 1 heterocycles. The fraction of sp³-hybridized carbons (Fsp3) is 0.632. The Kier molecular flexibility index (Phi) is 6.63. The van der Waals surface area contributed by atoms with Gasteiger partial charge in [0.2, 0.25) is 0 Å². The highest BCUT2D eigenvalue weighted by Gasteiger charge is 2.29. The Morgan fingerprint density at radius 3 is 2.67 bits per heavy atom. The lowest BCUT2D eigenvalue weighted by molar-refractivity contribution is 0.161. The van der Waals surface area contributed by atoms with Gasteiger partial charge in [0.15, 0.2) is 0 Å². The van der Waals surface area contributed by atoms with Crippen LogP contribution in [-0.4, -0.2) is 48.3 Å². The standard InChI is InChI=1S/C19H31N3O2/c1-19(2,3)17(21-18(24)20-10-6-12-23)14-22-11-9-15-7-4-5-8-16(15)13-22/h4-5,7-8,17,23H,6,9-14H2,1-3H3,(H2,20,21,24). The Balaban J connectivity index is 1.93. The van der Waals surface area contributed by atoms with Gasteiger partial charge in [-0.15, -0.1) is 0 Å². The third kappa shape index (κ3) is 5.49. The highest BCUT2D eigenvalue weighted by molar-refractivity contribution is 5.74. The molecule has 24 heavy (non-hydrogen) atoms. The molecule has 1 atom stereocenters. The number of amides is 2. The van der Waals surface area contributed by atoms with E-state index in [1.807, 2.05) is 0 Å². The van der Waals surface area contributed by atoms with E-state index in [1.54, 1.807) is 0 Å². The summed E-state index contributed by atoms with van der Waals surface area (Å²) in [5, 5.41) is 14.7. The lowest BCUT2D eigenvalue weighted by Gasteiger charge is -2.37. The van der Waals surface area contributed by atoms with Gasteiger partial charge < -0.3 is 15.7 Å². The van der Waals surface area contributed by atoms with Crippen LogP contribution >= 0.6 is 0 Å². The number of benzene rings is 1. The van der Waals surface area contributed by atoms with Crippen molar-refractivity contribution in [2.75, 3.05) is 26.2 Å². The number of nitrogens with zero attached hydrogens (tertiary/aromatic N) is 1. The maximum absolute atomic E-state index is 12.1. The summed E-state index contributed by atoms with van der Waals surface area (Å²) in [6.45, 7) is 9.86. The molecule has 0 saturated heterocycles. The monoisotopic (exact) mass is 333 g/mol. The van der Waals surface area contributed by atoms with E-state index in [0.717, 1.165) is 26.1 Å². The zero-order valence-corrected chi connectivity index (χ0v) is 15.1. The minimum Gasteiger partial charge on any atom is -0.396 e. The summed E-state index contributed by atoms with van der Waals surface area (Å²) in [5.74, 6) is 0. The third-order valence-corrected chi connectivity index (χ3v) is 4.62. The number of aliphatic hydroxyl groups excluding tert-OH is 1. The molecule has 0 bridgehead atoms. The Morgan fingerprint density at radius 2 is 2.00 bits per heavy atom. The van der Waals surface area contributed by atoms with E-state index in [0.29, 0.717) is 13.0 Å². The summed E-state index contributed by atoms with van der Waals surface area (Å²) in [5.41, 5.74) is 2.81. The largest absolute Gasteiger partial charge is 0.396 e. The van der Waals surface area contributed by atoms with Gasteiger partial charge in [-0.2, -0.15) is 0 Å². The lowest BCUT2D eigenvalue weighted by Crippen LogP contribution is -2.54. The van der Waals surface area contributed by atoms with Crippen molar-refractivity contribution >= 4 is 6.03 Å². The van der Waals surface area contributed by atoms with E-state index in [9.17, 15) is 4.79 Å². The molecule has 1 aliphatic heterocycles. The van der Waals surface area contributed by atoms with E-state index in [-0.39, 0.29) is 24.1 Å². The molecule has 1 aliphatic rings. The Labute approximate surface area is 145 Å². The van der Waals surface area contributed by atoms with Crippen molar-refractivity contribution in [2.45, 2.75) is 46.2 Å². The van der Waals surface area contributed by atoms with Gasteiger partial charge in [0.1, 0.15) is 0 Å². The summed E-state index contributed by atoms with van der Waals surface area (Å²) in [4.78, 5) is 14.5. The average molecular weight is 333 g/mol. The topological polar surface area (TPSA) is 64.6 Å².